The lowest BCUT2D eigenvalue weighted by atomic mass is 9.79. The minimum Gasteiger partial charge on any atom is -0.456 e. The highest BCUT2D eigenvalue weighted by Crippen LogP contribution is 2.63. The SMILES string of the molecule is O=C(OC12CC(O)(C(F)(F)F)OC1C1CCC2C1)C1CC2C=CC1C2. The molecule has 1 N–H and O–H groups in total. The second kappa shape index (κ2) is 4.80. The summed E-state index contributed by atoms with van der Waals surface area (Å²) in [5.41, 5.74) is -1.32. The van der Waals surface area contributed by atoms with Crippen molar-refractivity contribution in [3.63, 3.8) is 0 Å². The van der Waals surface area contributed by atoms with Crippen molar-refractivity contribution in [1.29, 1.82) is 0 Å². The van der Waals surface area contributed by atoms with Crippen LogP contribution in [0, 0.1) is 29.6 Å². The van der Waals surface area contributed by atoms with Crippen LogP contribution in [0.2, 0.25) is 0 Å². The molecule has 4 aliphatic carbocycles. The summed E-state index contributed by atoms with van der Waals surface area (Å²) in [6, 6.07) is 0. The Balaban J connectivity index is 1.43. The smallest absolute Gasteiger partial charge is 0.443 e. The summed E-state index contributed by atoms with van der Waals surface area (Å²) in [6.45, 7) is 0. The number of rotatable bonds is 2. The van der Waals surface area contributed by atoms with Gasteiger partial charge in [-0.3, -0.25) is 4.79 Å². The summed E-state index contributed by atoms with van der Waals surface area (Å²) in [5, 5.41) is 10.1. The van der Waals surface area contributed by atoms with E-state index in [0.717, 1.165) is 19.3 Å². The Morgan fingerprint density at radius 2 is 2.00 bits per heavy atom. The molecule has 5 aliphatic rings. The summed E-state index contributed by atoms with van der Waals surface area (Å²) in [6.07, 6.45) is 1.51. The average Bonchev–Trinajstić information content (AvgIpc) is 3.30. The number of hydrogen-bond acceptors (Lipinski definition) is 4. The van der Waals surface area contributed by atoms with Crippen molar-refractivity contribution < 1.29 is 32.5 Å². The van der Waals surface area contributed by atoms with E-state index in [1.54, 1.807) is 0 Å². The molecular weight excluding hydrogens is 337 g/mol. The molecule has 4 nitrogen and oxygen atoms in total. The zero-order chi connectivity index (χ0) is 17.6. The van der Waals surface area contributed by atoms with Gasteiger partial charge < -0.3 is 14.6 Å². The molecule has 8 unspecified atom stereocenters. The fourth-order valence-corrected chi connectivity index (χ4v) is 6.09. The van der Waals surface area contributed by atoms with E-state index in [4.69, 9.17) is 9.47 Å². The van der Waals surface area contributed by atoms with Crippen LogP contribution in [-0.2, 0) is 14.3 Å². The number of halogens is 3. The number of alkyl halides is 3. The molecule has 0 amide bonds. The van der Waals surface area contributed by atoms with Gasteiger partial charge in [0.15, 0.2) is 0 Å². The fourth-order valence-electron chi connectivity index (χ4n) is 6.09. The molecule has 3 saturated carbocycles. The van der Waals surface area contributed by atoms with Gasteiger partial charge in [0, 0.05) is 5.92 Å². The Morgan fingerprint density at radius 3 is 2.64 bits per heavy atom. The van der Waals surface area contributed by atoms with Crippen molar-refractivity contribution >= 4 is 5.97 Å². The Morgan fingerprint density at radius 1 is 1.20 bits per heavy atom. The maximum absolute atomic E-state index is 13.3. The first-order chi connectivity index (χ1) is 11.7. The minimum atomic E-state index is -4.90. The minimum absolute atomic E-state index is 0.0749. The van der Waals surface area contributed by atoms with Crippen LogP contribution in [0.4, 0.5) is 13.2 Å². The number of carbonyl (C=O) groups is 1. The van der Waals surface area contributed by atoms with Crippen LogP contribution < -0.4 is 0 Å². The quantitative estimate of drug-likeness (QED) is 0.609. The zero-order valence-electron chi connectivity index (χ0n) is 13.7. The molecule has 8 atom stereocenters. The molecule has 7 heteroatoms. The van der Waals surface area contributed by atoms with Gasteiger partial charge in [-0.15, -0.1) is 0 Å². The zero-order valence-corrected chi connectivity index (χ0v) is 13.7. The van der Waals surface area contributed by atoms with Crippen molar-refractivity contribution in [2.45, 2.75) is 62.2 Å². The molecule has 1 heterocycles. The maximum atomic E-state index is 13.3. The normalized spacial score (nSPS) is 52.8. The van der Waals surface area contributed by atoms with Crippen LogP contribution in [-0.4, -0.2) is 34.7 Å². The number of aliphatic hydroxyl groups is 1. The molecule has 0 spiro atoms. The second-order valence-electron chi connectivity index (χ2n) is 8.53. The number of hydrogen-bond donors (Lipinski definition) is 1. The molecular formula is C18H21F3O4. The van der Waals surface area contributed by atoms with Crippen molar-refractivity contribution in [1.82, 2.24) is 0 Å². The highest BCUT2D eigenvalue weighted by Gasteiger charge is 2.75. The highest BCUT2D eigenvalue weighted by molar-refractivity contribution is 5.75. The van der Waals surface area contributed by atoms with Crippen molar-refractivity contribution in [2.24, 2.45) is 29.6 Å². The fraction of sp³-hybridized carbons (Fsp3) is 0.833. The molecule has 1 aliphatic heterocycles. The largest absolute Gasteiger partial charge is 0.456 e. The summed E-state index contributed by atoms with van der Waals surface area (Å²) in [5.74, 6) is -3.62. The Kier molecular flexibility index (Phi) is 3.09. The van der Waals surface area contributed by atoms with E-state index in [1.165, 1.54) is 0 Å². The monoisotopic (exact) mass is 358 g/mol. The first-order valence-electron chi connectivity index (χ1n) is 9.10. The summed E-state index contributed by atoms with van der Waals surface area (Å²) in [7, 11) is 0. The molecule has 25 heavy (non-hydrogen) atoms. The van der Waals surface area contributed by atoms with E-state index in [0.29, 0.717) is 18.8 Å². The third-order valence-corrected chi connectivity index (χ3v) is 7.23. The van der Waals surface area contributed by atoms with E-state index in [2.05, 4.69) is 6.08 Å². The molecule has 1 saturated heterocycles. The van der Waals surface area contributed by atoms with E-state index < -0.39 is 36.1 Å². The summed E-state index contributed by atoms with van der Waals surface area (Å²) in [4.78, 5) is 12.8. The van der Waals surface area contributed by atoms with Crippen molar-refractivity contribution in [3.05, 3.63) is 12.2 Å². The summed E-state index contributed by atoms with van der Waals surface area (Å²) < 4.78 is 51.0. The lowest BCUT2D eigenvalue weighted by Crippen LogP contribution is -2.50. The predicted octanol–water partition coefficient (Wildman–Crippen LogP) is 2.95. The second-order valence-corrected chi connectivity index (χ2v) is 8.53. The van der Waals surface area contributed by atoms with E-state index in [-0.39, 0.29) is 23.7 Å². The van der Waals surface area contributed by atoms with Gasteiger partial charge in [0.1, 0.15) is 11.7 Å². The molecule has 0 aromatic rings. The molecule has 0 radical (unpaired) electrons. The topological polar surface area (TPSA) is 55.8 Å². The van der Waals surface area contributed by atoms with Gasteiger partial charge in [0.25, 0.3) is 5.79 Å². The Bertz CT molecular complexity index is 647. The maximum Gasteiger partial charge on any atom is 0.443 e. The molecule has 5 rings (SSSR count). The van der Waals surface area contributed by atoms with Crippen LogP contribution in [0.25, 0.3) is 0 Å². The Labute approximate surface area is 143 Å². The number of fused-ring (bicyclic) bond motifs is 7. The third kappa shape index (κ3) is 2.05. The summed E-state index contributed by atoms with van der Waals surface area (Å²) >= 11 is 0. The van der Waals surface area contributed by atoms with Crippen LogP contribution in [0.5, 0.6) is 0 Å². The first-order valence-corrected chi connectivity index (χ1v) is 9.10. The molecule has 0 aromatic carbocycles. The van der Waals surface area contributed by atoms with Gasteiger partial charge in [-0.05, 0) is 49.9 Å². The van der Waals surface area contributed by atoms with Crippen LogP contribution in [0.15, 0.2) is 12.2 Å². The lowest BCUT2D eigenvalue weighted by molar-refractivity contribution is -0.359. The molecule has 4 bridgehead atoms. The number of esters is 1. The highest BCUT2D eigenvalue weighted by atomic mass is 19.4. The van der Waals surface area contributed by atoms with Gasteiger partial charge in [-0.25, -0.2) is 0 Å². The molecule has 0 aromatic heterocycles. The molecule has 138 valence electrons. The van der Waals surface area contributed by atoms with Crippen LogP contribution in [0.1, 0.15) is 38.5 Å². The molecule has 4 fully saturated rings. The average molecular weight is 358 g/mol. The van der Waals surface area contributed by atoms with Gasteiger partial charge in [-0.2, -0.15) is 13.2 Å². The first kappa shape index (κ1) is 16.1. The lowest BCUT2D eigenvalue weighted by Gasteiger charge is -2.38. The van der Waals surface area contributed by atoms with E-state index in [1.807, 2.05) is 6.08 Å². The number of allylic oxidation sites excluding steroid dienone is 2. The van der Waals surface area contributed by atoms with Gasteiger partial charge >= 0.3 is 12.1 Å². The van der Waals surface area contributed by atoms with Gasteiger partial charge in [-0.1, -0.05) is 12.2 Å². The van der Waals surface area contributed by atoms with Crippen LogP contribution in [0.3, 0.4) is 0 Å². The van der Waals surface area contributed by atoms with Crippen molar-refractivity contribution in [3.8, 4) is 0 Å². The van der Waals surface area contributed by atoms with Crippen LogP contribution >= 0.6 is 0 Å². The third-order valence-electron chi connectivity index (χ3n) is 7.23. The van der Waals surface area contributed by atoms with E-state index >= 15 is 0 Å². The van der Waals surface area contributed by atoms with Gasteiger partial charge in [0.2, 0.25) is 0 Å². The number of ether oxygens (including phenoxy) is 2. The predicted molar refractivity (Wildman–Crippen MR) is 79.0 cm³/mol. The number of carbonyl (C=O) groups excluding carboxylic acids is 1. The van der Waals surface area contributed by atoms with Gasteiger partial charge in [0.05, 0.1) is 12.3 Å². The van der Waals surface area contributed by atoms with E-state index in [9.17, 15) is 23.1 Å². The van der Waals surface area contributed by atoms with Crippen molar-refractivity contribution in [2.75, 3.05) is 0 Å². The Hall–Kier alpha value is -1.08. The standard InChI is InChI=1S/C18H21F3O4/c19-18(20,21)17(23)8-16(12-4-3-11(7-12)14(16)24-17)25-15(22)13-6-9-1-2-10(13)5-9/h1-2,9-14,23H,3-8H2.